The number of nitrogens with one attached hydrogen (secondary N) is 1. The zero-order valence-electron chi connectivity index (χ0n) is 11.6. The summed E-state index contributed by atoms with van der Waals surface area (Å²) in [5.74, 6) is -0.568. The highest BCUT2D eigenvalue weighted by molar-refractivity contribution is 5.78. The average molecular weight is 268 g/mol. The van der Waals surface area contributed by atoms with Crippen LogP contribution in [0.1, 0.15) is 32.4 Å². The third kappa shape index (κ3) is 4.21. The standard InChI is InChI=1S/C14H21FN2O2/c1-4-17(5-2)14(19)9-16-10(3)12-7-6-11(15)8-13(12)18/h6-8,10,16,18H,4-5,9H2,1-3H3. The van der Waals surface area contributed by atoms with E-state index < -0.39 is 5.82 Å². The third-order valence-electron chi connectivity index (χ3n) is 3.13. The number of benzene rings is 1. The molecule has 0 heterocycles. The highest BCUT2D eigenvalue weighted by atomic mass is 19.1. The molecule has 1 amide bonds. The SMILES string of the molecule is CCN(CC)C(=O)CNC(C)c1ccc(F)cc1O. The lowest BCUT2D eigenvalue weighted by molar-refractivity contribution is -0.129. The molecule has 19 heavy (non-hydrogen) atoms. The van der Waals surface area contributed by atoms with Crippen molar-refractivity contribution in [3.05, 3.63) is 29.6 Å². The molecule has 1 aromatic carbocycles. The van der Waals surface area contributed by atoms with E-state index >= 15 is 0 Å². The Morgan fingerprint density at radius 2 is 2.05 bits per heavy atom. The van der Waals surface area contributed by atoms with Crippen molar-refractivity contribution < 1.29 is 14.3 Å². The van der Waals surface area contributed by atoms with Crippen LogP contribution >= 0.6 is 0 Å². The first kappa shape index (κ1) is 15.4. The number of hydrogen-bond donors (Lipinski definition) is 2. The molecule has 1 rings (SSSR count). The monoisotopic (exact) mass is 268 g/mol. The largest absolute Gasteiger partial charge is 0.508 e. The maximum Gasteiger partial charge on any atom is 0.236 e. The lowest BCUT2D eigenvalue weighted by Gasteiger charge is -2.21. The lowest BCUT2D eigenvalue weighted by Crippen LogP contribution is -2.38. The highest BCUT2D eigenvalue weighted by Crippen LogP contribution is 2.24. The number of likely N-dealkylation sites (N-methyl/N-ethyl adjacent to an activating group) is 1. The van der Waals surface area contributed by atoms with Crippen molar-refractivity contribution in [2.75, 3.05) is 19.6 Å². The molecule has 0 aromatic heterocycles. The number of carbonyl (C=O) groups excluding carboxylic acids is 1. The van der Waals surface area contributed by atoms with Gasteiger partial charge >= 0.3 is 0 Å². The second kappa shape index (κ2) is 7.09. The molecule has 0 radical (unpaired) electrons. The van der Waals surface area contributed by atoms with Crippen molar-refractivity contribution >= 4 is 5.91 Å². The predicted octanol–water partition coefficient (Wildman–Crippen LogP) is 2.05. The fourth-order valence-corrected chi connectivity index (χ4v) is 1.92. The van der Waals surface area contributed by atoms with Crippen LogP contribution in [0.2, 0.25) is 0 Å². The quantitative estimate of drug-likeness (QED) is 0.830. The van der Waals surface area contributed by atoms with Gasteiger partial charge in [0.05, 0.1) is 6.54 Å². The first-order valence-electron chi connectivity index (χ1n) is 6.49. The summed E-state index contributed by atoms with van der Waals surface area (Å²) in [6, 6.07) is 3.66. The maximum absolute atomic E-state index is 12.9. The summed E-state index contributed by atoms with van der Waals surface area (Å²) in [7, 11) is 0. The number of phenolic OH excluding ortho intramolecular Hbond substituents is 1. The summed E-state index contributed by atoms with van der Waals surface area (Å²) in [6.07, 6.45) is 0. The van der Waals surface area contributed by atoms with Crippen molar-refractivity contribution in [1.29, 1.82) is 0 Å². The van der Waals surface area contributed by atoms with Crippen molar-refractivity contribution in [3.8, 4) is 5.75 Å². The molecule has 0 bridgehead atoms. The number of amides is 1. The Labute approximate surface area is 113 Å². The molecular formula is C14H21FN2O2. The van der Waals surface area contributed by atoms with Crippen molar-refractivity contribution in [3.63, 3.8) is 0 Å². The molecule has 0 fully saturated rings. The van der Waals surface area contributed by atoms with E-state index in [1.165, 1.54) is 12.1 Å². The molecule has 0 aliphatic rings. The van der Waals surface area contributed by atoms with Gasteiger partial charge < -0.3 is 15.3 Å². The minimum atomic E-state index is -0.479. The van der Waals surface area contributed by atoms with Crippen LogP contribution in [0.4, 0.5) is 4.39 Å². The smallest absolute Gasteiger partial charge is 0.236 e. The highest BCUT2D eigenvalue weighted by Gasteiger charge is 2.14. The molecule has 106 valence electrons. The zero-order valence-corrected chi connectivity index (χ0v) is 11.6. The first-order valence-corrected chi connectivity index (χ1v) is 6.49. The predicted molar refractivity (Wildman–Crippen MR) is 72.4 cm³/mol. The van der Waals surface area contributed by atoms with Gasteiger partial charge in [-0.3, -0.25) is 4.79 Å². The summed E-state index contributed by atoms with van der Waals surface area (Å²) >= 11 is 0. The van der Waals surface area contributed by atoms with Gasteiger partial charge in [-0.25, -0.2) is 4.39 Å². The number of carbonyl (C=O) groups is 1. The molecule has 5 heteroatoms. The van der Waals surface area contributed by atoms with Gasteiger partial charge in [0, 0.05) is 30.8 Å². The Morgan fingerprint density at radius 1 is 1.42 bits per heavy atom. The van der Waals surface area contributed by atoms with Crippen molar-refractivity contribution in [2.45, 2.75) is 26.8 Å². The second-order valence-electron chi connectivity index (χ2n) is 4.37. The minimum Gasteiger partial charge on any atom is -0.508 e. The van der Waals surface area contributed by atoms with E-state index in [1.807, 2.05) is 20.8 Å². The molecule has 4 nitrogen and oxygen atoms in total. The van der Waals surface area contributed by atoms with Crippen LogP contribution < -0.4 is 5.32 Å². The van der Waals surface area contributed by atoms with Gasteiger partial charge in [-0.1, -0.05) is 6.07 Å². The van der Waals surface area contributed by atoms with E-state index in [0.29, 0.717) is 18.7 Å². The van der Waals surface area contributed by atoms with Crippen LogP contribution in [0.25, 0.3) is 0 Å². The summed E-state index contributed by atoms with van der Waals surface area (Å²) in [5, 5.41) is 12.7. The topological polar surface area (TPSA) is 52.6 Å². The van der Waals surface area contributed by atoms with Crippen LogP contribution in [-0.4, -0.2) is 35.5 Å². The molecule has 0 aliphatic carbocycles. The van der Waals surface area contributed by atoms with Gasteiger partial charge in [0.2, 0.25) is 5.91 Å². The van der Waals surface area contributed by atoms with E-state index in [0.717, 1.165) is 6.07 Å². The fraction of sp³-hybridized carbons (Fsp3) is 0.500. The first-order chi connectivity index (χ1) is 8.99. The molecule has 0 saturated heterocycles. The van der Waals surface area contributed by atoms with Crippen LogP contribution in [0.3, 0.4) is 0 Å². The van der Waals surface area contributed by atoms with Crippen molar-refractivity contribution in [1.82, 2.24) is 10.2 Å². The van der Waals surface area contributed by atoms with Gasteiger partial charge in [-0.2, -0.15) is 0 Å². The molecule has 1 aromatic rings. The number of rotatable bonds is 6. The van der Waals surface area contributed by atoms with E-state index in [4.69, 9.17) is 0 Å². The van der Waals surface area contributed by atoms with Gasteiger partial charge in [0.25, 0.3) is 0 Å². The summed E-state index contributed by atoms with van der Waals surface area (Å²) in [6.45, 7) is 7.22. The van der Waals surface area contributed by atoms with Gasteiger partial charge in [-0.15, -0.1) is 0 Å². The maximum atomic E-state index is 12.9. The number of halogens is 1. The normalized spacial score (nSPS) is 12.2. The number of nitrogens with zero attached hydrogens (tertiary/aromatic N) is 1. The molecule has 2 N–H and O–H groups in total. The summed E-state index contributed by atoms with van der Waals surface area (Å²) in [4.78, 5) is 13.5. The molecule has 1 atom stereocenters. The van der Waals surface area contributed by atoms with E-state index in [-0.39, 0.29) is 24.2 Å². The summed E-state index contributed by atoms with van der Waals surface area (Å²) in [5.41, 5.74) is 0.578. The van der Waals surface area contributed by atoms with E-state index in [2.05, 4.69) is 5.32 Å². The second-order valence-corrected chi connectivity index (χ2v) is 4.37. The van der Waals surface area contributed by atoms with Crippen molar-refractivity contribution in [2.24, 2.45) is 0 Å². The van der Waals surface area contributed by atoms with E-state index in [9.17, 15) is 14.3 Å². The van der Waals surface area contributed by atoms with Crippen LogP contribution in [0, 0.1) is 5.82 Å². The Morgan fingerprint density at radius 3 is 2.58 bits per heavy atom. The van der Waals surface area contributed by atoms with Gasteiger partial charge in [0.1, 0.15) is 11.6 Å². The molecule has 0 spiro atoms. The average Bonchev–Trinajstić information content (AvgIpc) is 2.37. The van der Waals surface area contributed by atoms with E-state index in [1.54, 1.807) is 4.90 Å². The number of aromatic hydroxyl groups is 1. The van der Waals surface area contributed by atoms with Gasteiger partial charge in [-0.05, 0) is 26.8 Å². The van der Waals surface area contributed by atoms with Gasteiger partial charge in [0.15, 0.2) is 0 Å². The Bertz CT molecular complexity index is 433. The minimum absolute atomic E-state index is 0.0125. The number of phenols is 1. The zero-order chi connectivity index (χ0) is 14.4. The van der Waals surface area contributed by atoms with Crippen LogP contribution in [-0.2, 0) is 4.79 Å². The Kier molecular flexibility index (Phi) is 5.76. The fourth-order valence-electron chi connectivity index (χ4n) is 1.92. The third-order valence-corrected chi connectivity index (χ3v) is 3.13. The Balaban J connectivity index is 2.60. The number of hydrogen-bond acceptors (Lipinski definition) is 3. The lowest BCUT2D eigenvalue weighted by atomic mass is 10.1. The van der Waals surface area contributed by atoms with Crippen LogP contribution in [0.15, 0.2) is 18.2 Å². The summed E-state index contributed by atoms with van der Waals surface area (Å²) < 4.78 is 12.9. The molecule has 0 aliphatic heterocycles. The molecule has 1 unspecified atom stereocenters. The molecule has 0 saturated carbocycles. The van der Waals surface area contributed by atoms with Crippen LogP contribution in [0.5, 0.6) is 5.75 Å². The molecular weight excluding hydrogens is 247 g/mol. The Hall–Kier alpha value is -1.62.